The van der Waals surface area contributed by atoms with Crippen LogP contribution in [0.4, 0.5) is 5.00 Å². The van der Waals surface area contributed by atoms with Gasteiger partial charge in [0.15, 0.2) is 5.82 Å². The summed E-state index contributed by atoms with van der Waals surface area (Å²) in [5.41, 5.74) is 1.85. The van der Waals surface area contributed by atoms with E-state index in [1.54, 1.807) is 0 Å². The monoisotopic (exact) mass is 252 g/mol. The fourth-order valence-electron chi connectivity index (χ4n) is 1.58. The molecule has 92 valence electrons. The molecule has 0 spiro atoms. The second-order valence-corrected chi connectivity index (χ2v) is 4.61. The summed E-state index contributed by atoms with van der Waals surface area (Å²) >= 11 is 1.41. The molecule has 2 aromatic rings. The first-order valence-electron chi connectivity index (χ1n) is 5.73. The van der Waals surface area contributed by atoms with E-state index in [0.717, 1.165) is 41.3 Å². The minimum absolute atomic E-state index is 0.562. The Kier molecular flexibility index (Phi) is 3.73. The fraction of sp³-hybridized carbons (Fsp3) is 0.545. The quantitative estimate of drug-likeness (QED) is 0.886. The highest BCUT2D eigenvalue weighted by atomic mass is 32.1. The first-order chi connectivity index (χ1) is 8.26. The van der Waals surface area contributed by atoms with Crippen LogP contribution in [0, 0.1) is 6.92 Å². The van der Waals surface area contributed by atoms with Crippen molar-refractivity contribution in [2.75, 3.05) is 12.4 Å². The van der Waals surface area contributed by atoms with Crippen LogP contribution in [-0.4, -0.2) is 21.6 Å². The molecule has 0 aliphatic heterocycles. The average molecular weight is 252 g/mol. The van der Waals surface area contributed by atoms with Gasteiger partial charge in [-0.3, -0.25) is 0 Å². The Morgan fingerprint density at radius 1 is 1.41 bits per heavy atom. The Balaban J connectivity index is 2.26. The first kappa shape index (κ1) is 12.0. The van der Waals surface area contributed by atoms with Gasteiger partial charge in [-0.2, -0.15) is 9.36 Å². The number of aromatic nitrogens is 3. The summed E-state index contributed by atoms with van der Waals surface area (Å²) in [6.45, 7) is 4.09. The molecule has 2 rings (SSSR count). The van der Waals surface area contributed by atoms with Crippen molar-refractivity contribution in [1.82, 2.24) is 14.5 Å². The number of hydrogen-bond acceptors (Lipinski definition) is 6. The number of rotatable bonds is 5. The second-order valence-electron chi connectivity index (χ2n) is 3.84. The highest BCUT2D eigenvalue weighted by Crippen LogP contribution is 2.33. The third-order valence-electron chi connectivity index (χ3n) is 2.53. The van der Waals surface area contributed by atoms with Crippen LogP contribution in [0.1, 0.15) is 31.3 Å². The third kappa shape index (κ3) is 2.46. The van der Waals surface area contributed by atoms with E-state index >= 15 is 0 Å². The molecule has 2 heterocycles. The predicted molar refractivity (Wildman–Crippen MR) is 68.3 cm³/mol. The zero-order valence-electron chi connectivity index (χ0n) is 10.3. The first-order valence-corrected chi connectivity index (χ1v) is 6.50. The van der Waals surface area contributed by atoms with Gasteiger partial charge in [-0.05, 0) is 24.9 Å². The molecule has 0 fully saturated rings. The standard InChI is InChI=1S/C11H16N4OS/c1-4-5-6-8-13-10(16-14-8)9-7(2)15-17-11(9)12-3/h12H,4-6H2,1-3H3. The Morgan fingerprint density at radius 2 is 2.24 bits per heavy atom. The van der Waals surface area contributed by atoms with E-state index in [-0.39, 0.29) is 0 Å². The molecule has 0 saturated carbocycles. The van der Waals surface area contributed by atoms with Gasteiger partial charge in [0.25, 0.3) is 5.89 Å². The zero-order valence-corrected chi connectivity index (χ0v) is 11.1. The fourth-order valence-corrected chi connectivity index (χ4v) is 2.32. The molecule has 0 amide bonds. The lowest BCUT2D eigenvalue weighted by molar-refractivity contribution is 0.421. The van der Waals surface area contributed by atoms with Crippen LogP contribution in [0.3, 0.4) is 0 Å². The summed E-state index contributed by atoms with van der Waals surface area (Å²) in [5, 5.41) is 8.05. The van der Waals surface area contributed by atoms with E-state index in [4.69, 9.17) is 4.52 Å². The molecule has 0 bridgehead atoms. The lowest BCUT2D eigenvalue weighted by Gasteiger charge is -1.96. The highest BCUT2D eigenvalue weighted by molar-refractivity contribution is 7.10. The van der Waals surface area contributed by atoms with Gasteiger partial charge in [-0.15, -0.1) is 0 Å². The lowest BCUT2D eigenvalue weighted by atomic mass is 10.2. The van der Waals surface area contributed by atoms with Crippen molar-refractivity contribution < 1.29 is 4.52 Å². The van der Waals surface area contributed by atoms with E-state index in [1.165, 1.54) is 11.5 Å². The number of nitrogens with zero attached hydrogens (tertiary/aromatic N) is 3. The van der Waals surface area contributed by atoms with Crippen LogP contribution < -0.4 is 5.32 Å². The zero-order chi connectivity index (χ0) is 12.3. The van der Waals surface area contributed by atoms with Crippen molar-refractivity contribution in [3.8, 4) is 11.5 Å². The number of unbranched alkanes of at least 4 members (excludes halogenated alkanes) is 1. The van der Waals surface area contributed by atoms with Crippen molar-refractivity contribution in [2.45, 2.75) is 33.1 Å². The molecule has 0 aliphatic carbocycles. The molecule has 2 aromatic heterocycles. The van der Waals surface area contributed by atoms with Crippen LogP contribution in [0.25, 0.3) is 11.5 Å². The number of hydrogen-bond donors (Lipinski definition) is 1. The summed E-state index contributed by atoms with van der Waals surface area (Å²) in [7, 11) is 1.87. The lowest BCUT2D eigenvalue weighted by Crippen LogP contribution is -1.90. The topological polar surface area (TPSA) is 63.8 Å². The molecule has 5 nitrogen and oxygen atoms in total. The van der Waals surface area contributed by atoms with Crippen LogP contribution in [-0.2, 0) is 6.42 Å². The van der Waals surface area contributed by atoms with Gasteiger partial charge in [-0.25, -0.2) is 0 Å². The van der Waals surface area contributed by atoms with Crippen LogP contribution in [0.5, 0.6) is 0 Å². The second kappa shape index (κ2) is 5.27. The molecule has 17 heavy (non-hydrogen) atoms. The van der Waals surface area contributed by atoms with Gasteiger partial charge in [0.1, 0.15) is 5.00 Å². The highest BCUT2D eigenvalue weighted by Gasteiger charge is 2.18. The molecule has 0 unspecified atom stereocenters. The molecule has 0 atom stereocenters. The van der Waals surface area contributed by atoms with Crippen LogP contribution in [0.15, 0.2) is 4.52 Å². The Labute approximate surface area is 104 Å². The van der Waals surface area contributed by atoms with Gasteiger partial charge in [0.2, 0.25) is 0 Å². The Hall–Kier alpha value is -1.43. The molecular formula is C11H16N4OS. The van der Waals surface area contributed by atoms with Crippen molar-refractivity contribution in [1.29, 1.82) is 0 Å². The summed E-state index contributed by atoms with van der Waals surface area (Å²) in [4.78, 5) is 4.41. The molecule has 1 N–H and O–H groups in total. The van der Waals surface area contributed by atoms with Crippen molar-refractivity contribution in [2.24, 2.45) is 0 Å². The van der Waals surface area contributed by atoms with E-state index < -0.39 is 0 Å². The summed E-state index contributed by atoms with van der Waals surface area (Å²) in [6, 6.07) is 0. The van der Waals surface area contributed by atoms with Gasteiger partial charge >= 0.3 is 0 Å². The van der Waals surface area contributed by atoms with E-state index in [0.29, 0.717) is 5.89 Å². The maximum absolute atomic E-state index is 5.29. The van der Waals surface area contributed by atoms with Crippen LogP contribution >= 0.6 is 11.5 Å². The normalized spacial score (nSPS) is 10.8. The van der Waals surface area contributed by atoms with E-state index in [1.807, 2.05) is 14.0 Å². The summed E-state index contributed by atoms with van der Waals surface area (Å²) in [6.07, 6.45) is 3.08. The minimum atomic E-state index is 0.562. The van der Waals surface area contributed by atoms with Gasteiger partial charge in [-0.1, -0.05) is 18.5 Å². The molecule has 0 radical (unpaired) electrons. The van der Waals surface area contributed by atoms with Crippen LogP contribution in [0.2, 0.25) is 0 Å². The molecule has 0 aliphatic rings. The molecule has 0 saturated heterocycles. The van der Waals surface area contributed by atoms with Gasteiger partial charge < -0.3 is 9.84 Å². The van der Waals surface area contributed by atoms with Gasteiger partial charge in [0, 0.05) is 13.5 Å². The van der Waals surface area contributed by atoms with Crippen molar-refractivity contribution in [3.63, 3.8) is 0 Å². The molecular weight excluding hydrogens is 236 g/mol. The summed E-state index contributed by atoms with van der Waals surface area (Å²) < 4.78 is 9.58. The van der Waals surface area contributed by atoms with Crippen molar-refractivity contribution in [3.05, 3.63) is 11.5 Å². The smallest absolute Gasteiger partial charge is 0.262 e. The van der Waals surface area contributed by atoms with Gasteiger partial charge in [0.05, 0.1) is 11.3 Å². The number of anilines is 1. The molecule has 6 heteroatoms. The molecule has 0 aromatic carbocycles. The SMILES string of the molecule is CCCCc1noc(-c2c(C)nsc2NC)n1. The summed E-state index contributed by atoms with van der Waals surface area (Å²) in [5.74, 6) is 1.33. The largest absolute Gasteiger partial charge is 0.378 e. The van der Waals surface area contributed by atoms with E-state index in [2.05, 4.69) is 26.8 Å². The Bertz CT molecular complexity index is 491. The number of nitrogens with one attached hydrogen (secondary N) is 1. The predicted octanol–water partition coefficient (Wildman–Crippen LogP) is 2.89. The van der Waals surface area contributed by atoms with E-state index in [9.17, 15) is 0 Å². The third-order valence-corrected chi connectivity index (χ3v) is 3.48. The number of aryl methyl sites for hydroxylation is 2. The minimum Gasteiger partial charge on any atom is -0.378 e. The maximum Gasteiger partial charge on any atom is 0.262 e. The Morgan fingerprint density at radius 3 is 2.94 bits per heavy atom. The van der Waals surface area contributed by atoms with Crippen molar-refractivity contribution >= 4 is 16.5 Å². The maximum atomic E-state index is 5.29. The average Bonchev–Trinajstić information content (AvgIpc) is 2.92.